The van der Waals surface area contributed by atoms with Crippen LogP contribution < -0.4 is 11.1 Å². The Bertz CT molecular complexity index is 200. The van der Waals surface area contributed by atoms with E-state index in [1.54, 1.807) is 0 Å². The number of hydrogen-bond donors (Lipinski definition) is 2. The van der Waals surface area contributed by atoms with Gasteiger partial charge in [0.2, 0.25) is 5.91 Å². The smallest absolute Gasteiger partial charge is 0.220 e. The minimum absolute atomic E-state index is 0.219. The summed E-state index contributed by atoms with van der Waals surface area (Å²) in [6.45, 7) is 2.77. The van der Waals surface area contributed by atoms with Gasteiger partial charge in [-0.05, 0) is 38.6 Å². The molecule has 0 aliphatic heterocycles. The Hall–Kier alpha value is -0.570. The third-order valence-electron chi connectivity index (χ3n) is 3.50. The fourth-order valence-corrected chi connectivity index (χ4v) is 2.48. The van der Waals surface area contributed by atoms with Crippen molar-refractivity contribution in [3.05, 3.63) is 0 Å². The minimum atomic E-state index is 0.219. The third kappa shape index (κ3) is 5.50. The van der Waals surface area contributed by atoms with Crippen molar-refractivity contribution in [3.8, 4) is 0 Å². The predicted molar refractivity (Wildman–Crippen MR) is 67.1 cm³/mol. The van der Waals surface area contributed by atoms with Crippen LogP contribution in [0.15, 0.2) is 0 Å². The summed E-state index contributed by atoms with van der Waals surface area (Å²) in [6.07, 6.45) is 9.15. The van der Waals surface area contributed by atoms with Gasteiger partial charge in [-0.2, -0.15) is 0 Å². The molecule has 0 bridgehead atoms. The normalized spacial score (nSPS) is 18.6. The zero-order chi connectivity index (χ0) is 11.8. The second kappa shape index (κ2) is 7.66. The number of nitrogens with two attached hydrogens (primary N) is 1. The summed E-state index contributed by atoms with van der Waals surface area (Å²) < 4.78 is 0. The predicted octanol–water partition coefficient (Wildman–Crippen LogP) is 2.20. The Morgan fingerprint density at radius 1 is 1.44 bits per heavy atom. The fraction of sp³-hybridized carbons (Fsp3) is 0.923. The number of carbonyl (C=O) groups excluding carboxylic acids is 1. The zero-order valence-electron chi connectivity index (χ0n) is 10.5. The molecule has 0 aromatic carbocycles. The third-order valence-corrected chi connectivity index (χ3v) is 3.50. The van der Waals surface area contributed by atoms with E-state index in [1.807, 2.05) is 0 Å². The van der Waals surface area contributed by atoms with Crippen molar-refractivity contribution < 1.29 is 4.79 Å². The highest BCUT2D eigenvalue weighted by molar-refractivity contribution is 5.76. The maximum atomic E-state index is 11.6. The molecule has 0 saturated heterocycles. The zero-order valence-corrected chi connectivity index (χ0v) is 10.5. The molecule has 1 amide bonds. The van der Waals surface area contributed by atoms with Crippen LogP contribution in [0.3, 0.4) is 0 Å². The highest BCUT2D eigenvalue weighted by Crippen LogP contribution is 2.28. The molecule has 1 atom stereocenters. The molecule has 94 valence electrons. The van der Waals surface area contributed by atoms with E-state index in [0.29, 0.717) is 13.0 Å². The van der Waals surface area contributed by atoms with Crippen molar-refractivity contribution in [2.75, 3.05) is 6.54 Å². The van der Waals surface area contributed by atoms with Crippen molar-refractivity contribution in [2.45, 2.75) is 64.3 Å². The second-order valence-corrected chi connectivity index (χ2v) is 5.09. The highest BCUT2D eigenvalue weighted by atomic mass is 16.1. The molecule has 1 saturated carbocycles. The quantitative estimate of drug-likeness (QED) is 0.699. The largest absolute Gasteiger partial charge is 0.354 e. The van der Waals surface area contributed by atoms with Gasteiger partial charge in [-0.25, -0.2) is 0 Å². The van der Waals surface area contributed by atoms with E-state index in [1.165, 1.54) is 25.7 Å². The van der Waals surface area contributed by atoms with Gasteiger partial charge in [0.1, 0.15) is 0 Å². The molecule has 0 spiro atoms. The highest BCUT2D eigenvalue weighted by Gasteiger charge is 2.16. The Kier molecular flexibility index (Phi) is 6.46. The van der Waals surface area contributed by atoms with Gasteiger partial charge in [0.25, 0.3) is 0 Å². The molecule has 0 heterocycles. The lowest BCUT2D eigenvalue weighted by Gasteiger charge is -2.14. The van der Waals surface area contributed by atoms with Gasteiger partial charge in [-0.3, -0.25) is 4.79 Å². The summed E-state index contributed by atoms with van der Waals surface area (Å²) in [7, 11) is 0. The van der Waals surface area contributed by atoms with Crippen LogP contribution in [0.4, 0.5) is 0 Å². The molecule has 3 heteroatoms. The molecule has 0 radical (unpaired) electrons. The maximum absolute atomic E-state index is 11.6. The molecular formula is C13H26N2O. The Balaban J connectivity index is 2.05. The SMILES string of the molecule is CC(CCCN)NC(=O)CCC1CCCC1. The van der Waals surface area contributed by atoms with Crippen LogP contribution in [0.25, 0.3) is 0 Å². The summed E-state index contributed by atoms with van der Waals surface area (Å²) in [5, 5.41) is 3.04. The summed E-state index contributed by atoms with van der Waals surface area (Å²) in [4.78, 5) is 11.6. The molecule has 1 aliphatic carbocycles. The van der Waals surface area contributed by atoms with E-state index >= 15 is 0 Å². The first kappa shape index (κ1) is 13.5. The number of amides is 1. The first-order valence-electron chi connectivity index (χ1n) is 6.71. The number of nitrogens with one attached hydrogen (secondary N) is 1. The van der Waals surface area contributed by atoms with Crippen molar-refractivity contribution in [1.29, 1.82) is 0 Å². The van der Waals surface area contributed by atoms with Crippen LogP contribution in [0.2, 0.25) is 0 Å². The van der Waals surface area contributed by atoms with Crippen LogP contribution in [-0.4, -0.2) is 18.5 Å². The molecular weight excluding hydrogens is 200 g/mol. The van der Waals surface area contributed by atoms with Crippen LogP contribution in [0.5, 0.6) is 0 Å². The van der Waals surface area contributed by atoms with Crippen molar-refractivity contribution >= 4 is 5.91 Å². The molecule has 3 nitrogen and oxygen atoms in total. The van der Waals surface area contributed by atoms with Gasteiger partial charge in [0.05, 0.1) is 0 Å². The van der Waals surface area contributed by atoms with Crippen molar-refractivity contribution in [3.63, 3.8) is 0 Å². The molecule has 0 aromatic rings. The lowest BCUT2D eigenvalue weighted by Crippen LogP contribution is -2.32. The van der Waals surface area contributed by atoms with E-state index in [0.717, 1.165) is 25.2 Å². The summed E-state index contributed by atoms with van der Waals surface area (Å²) in [6, 6.07) is 0.277. The van der Waals surface area contributed by atoms with E-state index < -0.39 is 0 Å². The van der Waals surface area contributed by atoms with Gasteiger partial charge in [0.15, 0.2) is 0 Å². The first-order valence-corrected chi connectivity index (χ1v) is 6.71. The van der Waals surface area contributed by atoms with Gasteiger partial charge >= 0.3 is 0 Å². The van der Waals surface area contributed by atoms with Crippen LogP contribution in [-0.2, 0) is 4.79 Å². The van der Waals surface area contributed by atoms with Crippen LogP contribution >= 0.6 is 0 Å². The summed E-state index contributed by atoms with van der Waals surface area (Å²) in [5.74, 6) is 1.03. The minimum Gasteiger partial charge on any atom is -0.354 e. The Morgan fingerprint density at radius 2 is 2.12 bits per heavy atom. The topological polar surface area (TPSA) is 55.1 Å². The monoisotopic (exact) mass is 226 g/mol. The van der Waals surface area contributed by atoms with Crippen LogP contribution in [0.1, 0.15) is 58.3 Å². The van der Waals surface area contributed by atoms with E-state index in [9.17, 15) is 4.79 Å². The molecule has 1 unspecified atom stereocenters. The molecule has 1 aliphatic rings. The first-order chi connectivity index (χ1) is 7.72. The molecule has 0 aromatic heterocycles. The van der Waals surface area contributed by atoms with E-state index in [2.05, 4.69) is 12.2 Å². The van der Waals surface area contributed by atoms with Crippen LogP contribution in [0, 0.1) is 5.92 Å². The van der Waals surface area contributed by atoms with Gasteiger partial charge in [-0.1, -0.05) is 25.7 Å². The molecule has 1 rings (SSSR count). The number of hydrogen-bond acceptors (Lipinski definition) is 2. The molecule has 16 heavy (non-hydrogen) atoms. The summed E-state index contributed by atoms with van der Waals surface area (Å²) in [5.41, 5.74) is 5.44. The lowest BCUT2D eigenvalue weighted by molar-refractivity contribution is -0.122. The lowest BCUT2D eigenvalue weighted by atomic mass is 10.0. The number of carbonyl (C=O) groups is 1. The molecule has 1 fully saturated rings. The van der Waals surface area contributed by atoms with Gasteiger partial charge < -0.3 is 11.1 Å². The standard InChI is InChI=1S/C13H26N2O/c1-11(5-4-10-14)15-13(16)9-8-12-6-2-3-7-12/h11-12H,2-10,14H2,1H3,(H,15,16). The fourth-order valence-electron chi connectivity index (χ4n) is 2.48. The van der Waals surface area contributed by atoms with E-state index in [-0.39, 0.29) is 11.9 Å². The Labute approximate surface area is 99.2 Å². The Morgan fingerprint density at radius 3 is 2.75 bits per heavy atom. The van der Waals surface area contributed by atoms with Gasteiger partial charge in [-0.15, -0.1) is 0 Å². The second-order valence-electron chi connectivity index (χ2n) is 5.09. The van der Waals surface area contributed by atoms with Gasteiger partial charge in [0, 0.05) is 12.5 Å². The van der Waals surface area contributed by atoms with Crippen molar-refractivity contribution in [2.24, 2.45) is 11.7 Å². The number of rotatable bonds is 7. The van der Waals surface area contributed by atoms with Crippen molar-refractivity contribution in [1.82, 2.24) is 5.32 Å². The van der Waals surface area contributed by atoms with E-state index in [4.69, 9.17) is 5.73 Å². The average Bonchev–Trinajstić information content (AvgIpc) is 2.76. The maximum Gasteiger partial charge on any atom is 0.220 e. The molecule has 3 N–H and O–H groups in total. The summed E-state index contributed by atoms with van der Waals surface area (Å²) >= 11 is 0. The average molecular weight is 226 g/mol.